The lowest BCUT2D eigenvalue weighted by molar-refractivity contribution is -0.143. The minimum atomic E-state index is -5.05. The summed E-state index contributed by atoms with van der Waals surface area (Å²) in [5, 5.41) is 1.48. The molecule has 1 N–H and O–H groups in total. The molecule has 2 unspecified atom stereocenters. The molecular formula is C26H29F6N3O2. The average Bonchev–Trinajstić information content (AvgIpc) is 2.81. The summed E-state index contributed by atoms with van der Waals surface area (Å²) in [6.07, 6.45) is -9.05. The van der Waals surface area contributed by atoms with Crippen LogP contribution in [0.5, 0.6) is 0 Å². The van der Waals surface area contributed by atoms with Gasteiger partial charge in [0.15, 0.2) is 0 Å². The molecule has 1 aliphatic rings. The minimum Gasteiger partial charge on any atom is -0.335 e. The number of hydrogen-bond donors (Lipinski definition) is 1. The minimum absolute atomic E-state index is 0.0106. The lowest BCUT2D eigenvalue weighted by Crippen LogP contribution is -2.57. The van der Waals surface area contributed by atoms with Gasteiger partial charge in [0.2, 0.25) is 5.91 Å². The Bertz CT molecular complexity index is 1070. The molecule has 0 spiro atoms. The van der Waals surface area contributed by atoms with Crippen molar-refractivity contribution in [3.8, 4) is 0 Å². The number of carbonyl (C=O) groups excluding carboxylic acids is 2. The predicted molar refractivity (Wildman–Crippen MR) is 125 cm³/mol. The zero-order chi connectivity index (χ0) is 27.5. The van der Waals surface area contributed by atoms with Crippen molar-refractivity contribution in [2.24, 2.45) is 0 Å². The van der Waals surface area contributed by atoms with Gasteiger partial charge in [-0.15, -0.1) is 0 Å². The monoisotopic (exact) mass is 529 g/mol. The highest BCUT2D eigenvalue weighted by atomic mass is 19.4. The number of carbonyl (C=O) groups is 2. The van der Waals surface area contributed by atoms with Gasteiger partial charge in [-0.25, -0.2) is 5.43 Å². The molecule has 3 rings (SSSR count). The summed E-state index contributed by atoms with van der Waals surface area (Å²) in [6, 6.07) is 9.15. The van der Waals surface area contributed by atoms with Gasteiger partial charge in [0.1, 0.15) is 0 Å². The Morgan fingerprint density at radius 3 is 2.05 bits per heavy atom. The van der Waals surface area contributed by atoms with E-state index < -0.39 is 41.0 Å². The molecule has 1 heterocycles. The summed E-state index contributed by atoms with van der Waals surface area (Å²) in [6.45, 7) is 5.18. The number of amides is 2. The highest BCUT2D eigenvalue weighted by Crippen LogP contribution is 2.37. The first-order chi connectivity index (χ1) is 17.2. The highest BCUT2D eigenvalue weighted by molar-refractivity contribution is 5.95. The van der Waals surface area contributed by atoms with Crippen LogP contribution in [-0.2, 0) is 23.6 Å². The standard InChI is InChI=1S/C26H29F6N3O2/c1-16(2)35(17(3)36)33-22-9-10-34(23(15-22)11-18-7-5-4-6-8-18)24(37)19-12-20(25(27,28)29)14-21(13-19)26(30,31)32/h4-8,12-14,16,22-23,33H,9-11,15H2,1-3H3. The molecule has 2 aromatic rings. The number of nitrogens with one attached hydrogen (secondary N) is 1. The summed E-state index contributed by atoms with van der Waals surface area (Å²) in [4.78, 5) is 26.8. The number of halogens is 6. The fourth-order valence-corrected chi connectivity index (χ4v) is 4.56. The van der Waals surface area contributed by atoms with Gasteiger partial charge in [0.05, 0.1) is 11.1 Å². The molecule has 0 saturated carbocycles. The first-order valence-electron chi connectivity index (χ1n) is 11.9. The molecule has 2 amide bonds. The zero-order valence-corrected chi connectivity index (χ0v) is 20.7. The maximum absolute atomic E-state index is 13.4. The predicted octanol–water partition coefficient (Wildman–Crippen LogP) is 5.70. The number of benzene rings is 2. The summed E-state index contributed by atoms with van der Waals surface area (Å²) >= 11 is 0. The fourth-order valence-electron chi connectivity index (χ4n) is 4.56. The van der Waals surface area contributed by atoms with Crippen LogP contribution in [0.2, 0.25) is 0 Å². The lowest BCUT2D eigenvalue weighted by atomic mass is 9.91. The normalized spacial score (nSPS) is 18.7. The molecule has 1 fully saturated rings. The number of likely N-dealkylation sites (tertiary alicyclic amines) is 1. The molecule has 1 saturated heterocycles. The van der Waals surface area contributed by atoms with Crippen LogP contribution in [0.15, 0.2) is 48.5 Å². The smallest absolute Gasteiger partial charge is 0.335 e. The van der Waals surface area contributed by atoms with Crippen LogP contribution < -0.4 is 5.43 Å². The summed E-state index contributed by atoms with van der Waals surface area (Å²) in [5.41, 5.74) is 0.305. The fraction of sp³-hybridized carbons (Fsp3) is 0.462. The van der Waals surface area contributed by atoms with E-state index in [4.69, 9.17) is 0 Å². The van der Waals surface area contributed by atoms with Gasteiger partial charge in [0.25, 0.3) is 5.91 Å². The number of rotatable bonds is 6. The molecule has 2 aromatic carbocycles. The highest BCUT2D eigenvalue weighted by Gasteiger charge is 2.39. The molecule has 2 atom stereocenters. The molecule has 0 aromatic heterocycles. The van der Waals surface area contributed by atoms with Crippen molar-refractivity contribution in [2.45, 2.75) is 70.5 Å². The second kappa shape index (κ2) is 11.1. The van der Waals surface area contributed by atoms with E-state index in [9.17, 15) is 35.9 Å². The van der Waals surface area contributed by atoms with Crippen LogP contribution in [0.25, 0.3) is 0 Å². The van der Waals surface area contributed by atoms with Gasteiger partial charge in [-0.2, -0.15) is 26.3 Å². The largest absolute Gasteiger partial charge is 0.416 e. The summed E-state index contributed by atoms with van der Waals surface area (Å²) in [5.74, 6) is -1.10. The zero-order valence-electron chi connectivity index (χ0n) is 20.7. The van der Waals surface area contributed by atoms with Crippen LogP contribution in [0, 0.1) is 0 Å². The lowest BCUT2D eigenvalue weighted by Gasteiger charge is -2.42. The van der Waals surface area contributed by atoms with Crippen LogP contribution >= 0.6 is 0 Å². The third-order valence-corrected chi connectivity index (χ3v) is 6.30. The van der Waals surface area contributed by atoms with Crippen molar-refractivity contribution in [3.63, 3.8) is 0 Å². The third kappa shape index (κ3) is 7.24. The van der Waals surface area contributed by atoms with Crippen molar-refractivity contribution < 1.29 is 35.9 Å². The third-order valence-electron chi connectivity index (χ3n) is 6.30. The van der Waals surface area contributed by atoms with E-state index in [2.05, 4.69) is 5.43 Å². The van der Waals surface area contributed by atoms with Crippen molar-refractivity contribution >= 4 is 11.8 Å². The molecule has 11 heteroatoms. The van der Waals surface area contributed by atoms with E-state index in [1.165, 1.54) is 16.8 Å². The van der Waals surface area contributed by atoms with Gasteiger partial charge in [-0.3, -0.25) is 14.6 Å². The number of hydrogen-bond acceptors (Lipinski definition) is 3. The number of piperidine rings is 1. The van der Waals surface area contributed by atoms with E-state index in [0.29, 0.717) is 31.4 Å². The van der Waals surface area contributed by atoms with E-state index in [1.807, 2.05) is 32.0 Å². The summed E-state index contributed by atoms with van der Waals surface area (Å²) < 4.78 is 80.3. The quantitative estimate of drug-likeness (QED) is 0.386. The molecule has 0 aliphatic carbocycles. The molecule has 202 valence electrons. The summed E-state index contributed by atoms with van der Waals surface area (Å²) in [7, 11) is 0. The Hall–Kier alpha value is -3.08. The average molecular weight is 530 g/mol. The number of nitrogens with zero attached hydrogens (tertiary/aromatic N) is 2. The number of alkyl halides is 6. The Morgan fingerprint density at radius 2 is 1.57 bits per heavy atom. The molecule has 37 heavy (non-hydrogen) atoms. The van der Waals surface area contributed by atoms with E-state index in [-0.39, 0.29) is 30.6 Å². The molecule has 5 nitrogen and oxygen atoms in total. The van der Waals surface area contributed by atoms with Crippen LogP contribution in [0.1, 0.15) is 60.7 Å². The van der Waals surface area contributed by atoms with Crippen LogP contribution in [0.4, 0.5) is 26.3 Å². The topological polar surface area (TPSA) is 52.7 Å². The van der Waals surface area contributed by atoms with E-state index >= 15 is 0 Å². The maximum Gasteiger partial charge on any atom is 0.416 e. The van der Waals surface area contributed by atoms with E-state index in [0.717, 1.165) is 5.56 Å². The second-order valence-electron chi connectivity index (χ2n) is 9.47. The molecule has 1 aliphatic heterocycles. The molecular weight excluding hydrogens is 500 g/mol. The van der Waals surface area contributed by atoms with Crippen molar-refractivity contribution in [1.29, 1.82) is 0 Å². The van der Waals surface area contributed by atoms with Crippen molar-refractivity contribution in [3.05, 3.63) is 70.8 Å². The van der Waals surface area contributed by atoms with E-state index in [1.54, 1.807) is 12.1 Å². The first-order valence-corrected chi connectivity index (χ1v) is 11.9. The molecule has 0 bridgehead atoms. The van der Waals surface area contributed by atoms with Gasteiger partial charge < -0.3 is 4.90 Å². The Labute approximate surface area is 211 Å². The van der Waals surface area contributed by atoms with Crippen LogP contribution in [0.3, 0.4) is 0 Å². The van der Waals surface area contributed by atoms with Gasteiger partial charge in [-0.1, -0.05) is 30.3 Å². The first kappa shape index (κ1) is 28.5. The van der Waals surface area contributed by atoms with Gasteiger partial charge in [-0.05, 0) is 56.9 Å². The van der Waals surface area contributed by atoms with Crippen molar-refractivity contribution in [2.75, 3.05) is 6.54 Å². The van der Waals surface area contributed by atoms with Crippen molar-refractivity contribution in [1.82, 2.24) is 15.3 Å². The molecule has 0 radical (unpaired) electrons. The number of hydrazine groups is 1. The van der Waals surface area contributed by atoms with Gasteiger partial charge in [0, 0.05) is 37.2 Å². The Balaban J connectivity index is 1.95. The maximum atomic E-state index is 13.4. The van der Waals surface area contributed by atoms with Crippen LogP contribution in [-0.4, -0.2) is 46.4 Å². The van der Waals surface area contributed by atoms with Gasteiger partial charge >= 0.3 is 12.4 Å². The SMILES string of the molecule is CC(=O)N(NC1CCN(C(=O)c2cc(C(F)(F)F)cc(C(F)(F)F)c2)C(Cc2ccccc2)C1)C(C)C. The Morgan fingerprint density at radius 1 is 1.00 bits per heavy atom. The Kier molecular flexibility index (Phi) is 8.56. The second-order valence-corrected chi connectivity index (χ2v) is 9.47.